The molecule has 4 aliphatic rings. The molecule has 5 rings (SSSR count). The highest BCUT2D eigenvalue weighted by molar-refractivity contribution is 5.87. The fraction of sp³-hybridized carbons (Fsp3) is 0.654. The summed E-state index contributed by atoms with van der Waals surface area (Å²) in [7, 11) is 0. The van der Waals surface area contributed by atoms with E-state index in [4.69, 9.17) is 9.47 Å². The second-order valence-corrected chi connectivity index (χ2v) is 10.5. The van der Waals surface area contributed by atoms with Crippen LogP contribution >= 0.6 is 0 Å². The molecule has 0 bridgehead atoms. The number of rotatable bonds is 5. The lowest BCUT2D eigenvalue weighted by atomic mass is 9.90. The first-order chi connectivity index (χ1) is 16.9. The van der Waals surface area contributed by atoms with E-state index in [2.05, 4.69) is 0 Å². The van der Waals surface area contributed by atoms with Gasteiger partial charge in [0.2, 0.25) is 11.8 Å². The Morgan fingerprint density at radius 3 is 2.63 bits per heavy atom. The topological polar surface area (TPSA) is 99.6 Å². The Morgan fingerprint density at radius 1 is 1.14 bits per heavy atom. The van der Waals surface area contributed by atoms with E-state index in [9.17, 15) is 19.5 Å². The first-order valence-corrected chi connectivity index (χ1v) is 12.7. The Labute approximate surface area is 205 Å². The maximum atomic E-state index is 13.3. The molecule has 190 valence electrons. The number of carbonyl (C=O) groups is 3. The zero-order valence-corrected chi connectivity index (χ0v) is 20.3. The summed E-state index contributed by atoms with van der Waals surface area (Å²) < 4.78 is 11.3. The number of aliphatic hydroxyl groups is 1. The summed E-state index contributed by atoms with van der Waals surface area (Å²) in [5.74, 6) is -0.118. The number of nitrogens with zero attached hydrogens (tertiary/aromatic N) is 3. The average Bonchev–Trinajstić information content (AvgIpc) is 3.66. The molecule has 1 saturated carbocycles. The van der Waals surface area contributed by atoms with E-state index in [0.717, 1.165) is 24.8 Å². The van der Waals surface area contributed by atoms with Crippen molar-refractivity contribution in [2.24, 2.45) is 5.41 Å². The highest BCUT2D eigenvalue weighted by Gasteiger charge is 2.52. The first-order valence-electron chi connectivity index (χ1n) is 12.7. The minimum absolute atomic E-state index is 0.0188. The van der Waals surface area contributed by atoms with E-state index in [0.29, 0.717) is 45.7 Å². The number of morpholine rings is 1. The largest absolute Gasteiger partial charge is 0.445 e. The van der Waals surface area contributed by atoms with Gasteiger partial charge in [-0.15, -0.1) is 0 Å². The Hall–Kier alpha value is -2.65. The van der Waals surface area contributed by atoms with Gasteiger partial charge in [-0.25, -0.2) is 4.79 Å². The van der Waals surface area contributed by atoms with Gasteiger partial charge in [0.15, 0.2) is 0 Å². The van der Waals surface area contributed by atoms with E-state index >= 15 is 0 Å². The molecule has 4 fully saturated rings. The van der Waals surface area contributed by atoms with Gasteiger partial charge in [0, 0.05) is 26.1 Å². The van der Waals surface area contributed by atoms with Gasteiger partial charge in [-0.05, 0) is 43.6 Å². The number of benzene rings is 1. The lowest BCUT2D eigenvalue weighted by molar-refractivity contribution is -0.161. The molecule has 35 heavy (non-hydrogen) atoms. The van der Waals surface area contributed by atoms with Gasteiger partial charge >= 0.3 is 6.09 Å². The molecule has 1 N–H and O–H groups in total. The van der Waals surface area contributed by atoms with Crippen LogP contribution in [0.25, 0.3) is 0 Å². The number of piperazine rings is 1. The molecule has 3 saturated heterocycles. The number of amides is 3. The van der Waals surface area contributed by atoms with Crippen molar-refractivity contribution in [2.75, 3.05) is 32.8 Å². The molecule has 1 aromatic rings. The van der Waals surface area contributed by atoms with E-state index in [1.54, 1.807) is 11.8 Å². The Bertz CT molecular complexity index is 952. The standard InChI is InChI=1S/C26H35N3O6/c1-18-24(32)29-20(7-8-23(31)27-12-11-26(9-10-26)22(30)14-27)16-34-17-21(29)13-28(18)25(33)35-15-19-5-3-2-4-6-19/h2-6,18,20-22,30H,7-17H2,1H3/t18-,20-,21+,22+/m0/s1. The quantitative estimate of drug-likeness (QED) is 0.683. The number of ether oxygens (including phenoxy) is 2. The van der Waals surface area contributed by atoms with Gasteiger partial charge in [0.1, 0.15) is 12.6 Å². The predicted octanol–water partition coefficient (Wildman–Crippen LogP) is 1.78. The second-order valence-electron chi connectivity index (χ2n) is 10.5. The van der Waals surface area contributed by atoms with Gasteiger partial charge in [0.25, 0.3) is 0 Å². The van der Waals surface area contributed by atoms with Crippen molar-refractivity contribution < 1.29 is 29.0 Å². The van der Waals surface area contributed by atoms with Gasteiger partial charge in [-0.1, -0.05) is 30.3 Å². The molecular formula is C26H35N3O6. The van der Waals surface area contributed by atoms with E-state index in [-0.39, 0.29) is 35.9 Å². The van der Waals surface area contributed by atoms with Crippen molar-refractivity contribution in [1.82, 2.24) is 14.7 Å². The van der Waals surface area contributed by atoms with Crippen LogP contribution in [0.4, 0.5) is 4.79 Å². The SMILES string of the molecule is C[C@H]1C(=O)N2[C@@H](CCC(=O)N3CCC4(CC4)[C@H](O)C3)COC[C@H]2CN1C(=O)OCc1ccccc1. The average molecular weight is 486 g/mol. The lowest BCUT2D eigenvalue weighted by Gasteiger charge is -2.49. The van der Waals surface area contributed by atoms with Crippen molar-refractivity contribution in [1.29, 1.82) is 0 Å². The summed E-state index contributed by atoms with van der Waals surface area (Å²) >= 11 is 0. The first kappa shape index (κ1) is 24.1. The maximum absolute atomic E-state index is 13.3. The van der Waals surface area contributed by atoms with Crippen LogP contribution in [-0.4, -0.2) is 94.8 Å². The molecule has 4 atom stereocenters. The van der Waals surface area contributed by atoms with Gasteiger partial charge in [0.05, 0.1) is 31.4 Å². The molecule has 1 spiro atoms. The molecule has 1 aliphatic carbocycles. The predicted molar refractivity (Wildman–Crippen MR) is 126 cm³/mol. The summed E-state index contributed by atoms with van der Waals surface area (Å²) in [5, 5.41) is 10.4. The van der Waals surface area contributed by atoms with E-state index in [1.165, 1.54) is 4.90 Å². The molecule has 9 nitrogen and oxygen atoms in total. The fourth-order valence-electron chi connectivity index (χ4n) is 5.73. The van der Waals surface area contributed by atoms with Crippen LogP contribution in [0.3, 0.4) is 0 Å². The van der Waals surface area contributed by atoms with Crippen LogP contribution in [0, 0.1) is 5.41 Å². The number of carbonyl (C=O) groups excluding carboxylic acids is 3. The third-order valence-electron chi connectivity index (χ3n) is 8.25. The van der Waals surface area contributed by atoms with Crippen LogP contribution in [0.2, 0.25) is 0 Å². The van der Waals surface area contributed by atoms with Crippen molar-refractivity contribution in [3.05, 3.63) is 35.9 Å². The normalized spacial score (nSPS) is 29.7. The number of aliphatic hydroxyl groups excluding tert-OH is 1. The molecule has 3 aliphatic heterocycles. The summed E-state index contributed by atoms with van der Waals surface area (Å²) in [6.07, 6.45) is 2.85. The summed E-state index contributed by atoms with van der Waals surface area (Å²) in [4.78, 5) is 44.0. The van der Waals surface area contributed by atoms with Gasteiger partial charge in [-0.2, -0.15) is 0 Å². The van der Waals surface area contributed by atoms with E-state index < -0.39 is 18.2 Å². The van der Waals surface area contributed by atoms with Crippen molar-refractivity contribution in [2.45, 2.75) is 69.9 Å². The zero-order chi connectivity index (χ0) is 24.6. The van der Waals surface area contributed by atoms with Gasteiger partial charge < -0.3 is 24.4 Å². The highest BCUT2D eigenvalue weighted by Crippen LogP contribution is 2.53. The Kier molecular flexibility index (Phi) is 6.72. The van der Waals surface area contributed by atoms with Crippen LogP contribution < -0.4 is 0 Å². The summed E-state index contributed by atoms with van der Waals surface area (Å²) in [5.41, 5.74) is 0.948. The lowest BCUT2D eigenvalue weighted by Crippen LogP contribution is -2.68. The molecule has 0 aromatic heterocycles. The third kappa shape index (κ3) is 4.89. The van der Waals surface area contributed by atoms with Crippen LogP contribution in [0.1, 0.15) is 44.6 Å². The van der Waals surface area contributed by atoms with Crippen LogP contribution in [-0.2, 0) is 25.7 Å². The molecule has 0 radical (unpaired) electrons. The van der Waals surface area contributed by atoms with Crippen molar-refractivity contribution >= 4 is 17.9 Å². The molecular weight excluding hydrogens is 450 g/mol. The third-order valence-corrected chi connectivity index (χ3v) is 8.25. The van der Waals surface area contributed by atoms with Crippen LogP contribution in [0.5, 0.6) is 0 Å². The molecule has 3 heterocycles. The molecule has 3 amide bonds. The number of hydrogen-bond donors (Lipinski definition) is 1. The Morgan fingerprint density at radius 2 is 1.91 bits per heavy atom. The van der Waals surface area contributed by atoms with E-state index in [1.807, 2.05) is 35.2 Å². The number of hydrogen-bond acceptors (Lipinski definition) is 6. The minimum Gasteiger partial charge on any atom is -0.445 e. The Balaban J connectivity index is 1.15. The van der Waals surface area contributed by atoms with Crippen molar-refractivity contribution in [3.8, 4) is 0 Å². The smallest absolute Gasteiger partial charge is 0.410 e. The summed E-state index contributed by atoms with van der Waals surface area (Å²) in [6, 6.07) is 8.33. The number of fused-ring (bicyclic) bond motifs is 1. The van der Waals surface area contributed by atoms with Gasteiger partial charge in [-0.3, -0.25) is 14.5 Å². The fourth-order valence-corrected chi connectivity index (χ4v) is 5.73. The zero-order valence-electron chi connectivity index (χ0n) is 20.3. The maximum Gasteiger partial charge on any atom is 0.410 e. The minimum atomic E-state index is -0.641. The summed E-state index contributed by atoms with van der Waals surface area (Å²) in [6.45, 7) is 4.05. The molecule has 9 heteroatoms. The highest BCUT2D eigenvalue weighted by atomic mass is 16.6. The number of piperidine rings is 1. The van der Waals surface area contributed by atoms with Crippen molar-refractivity contribution in [3.63, 3.8) is 0 Å². The van der Waals surface area contributed by atoms with Crippen LogP contribution in [0.15, 0.2) is 30.3 Å². The molecule has 0 unspecified atom stereocenters. The molecule has 1 aromatic carbocycles. The monoisotopic (exact) mass is 485 g/mol. The number of likely N-dealkylation sites (tertiary alicyclic amines) is 1. The number of β-amino-alcohol motifs (C(OH)–C–C–N with tert-alkyl or cyclic N) is 1. The second kappa shape index (κ2) is 9.78.